The van der Waals surface area contributed by atoms with Crippen molar-refractivity contribution in [3.8, 4) is 17.5 Å². The Hall–Kier alpha value is -3.11. The smallest absolute Gasteiger partial charge is 0.173 e. The van der Waals surface area contributed by atoms with Crippen LogP contribution in [0.2, 0.25) is 0 Å². The zero-order valence-electron chi connectivity index (χ0n) is 12.4. The molecule has 0 radical (unpaired) electrons. The highest BCUT2D eigenvalue weighted by atomic mass is 79.9. The van der Waals surface area contributed by atoms with E-state index in [0.29, 0.717) is 16.9 Å². The fourth-order valence-corrected chi connectivity index (χ4v) is 2.87. The number of aromatic amines is 1. The molecule has 24 heavy (non-hydrogen) atoms. The zero-order chi connectivity index (χ0) is 16.5. The number of para-hydroxylation sites is 1. The maximum Gasteiger partial charge on any atom is 0.173 e. The number of anilines is 2. The van der Waals surface area contributed by atoms with E-state index in [0.717, 1.165) is 21.7 Å². The fourth-order valence-electron chi connectivity index (χ4n) is 2.49. The van der Waals surface area contributed by atoms with Crippen molar-refractivity contribution in [3.63, 3.8) is 0 Å². The summed E-state index contributed by atoms with van der Waals surface area (Å²) in [7, 11) is 0. The van der Waals surface area contributed by atoms with E-state index >= 15 is 0 Å². The summed E-state index contributed by atoms with van der Waals surface area (Å²) in [5, 5.41) is 15.7. The van der Waals surface area contributed by atoms with Crippen LogP contribution in [0.3, 0.4) is 0 Å². The van der Waals surface area contributed by atoms with Crippen LogP contribution in [-0.4, -0.2) is 19.6 Å². The van der Waals surface area contributed by atoms with Crippen LogP contribution in [0, 0.1) is 11.3 Å². The second-order valence-electron chi connectivity index (χ2n) is 5.09. The van der Waals surface area contributed by atoms with Gasteiger partial charge in [-0.25, -0.2) is 9.50 Å². The molecule has 0 saturated carbocycles. The van der Waals surface area contributed by atoms with Gasteiger partial charge in [0.25, 0.3) is 0 Å². The van der Waals surface area contributed by atoms with Crippen LogP contribution in [0.15, 0.2) is 59.3 Å². The molecule has 3 aromatic heterocycles. The second-order valence-corrected chi connectivity index (χ2v) is 5.94. The Morgan fingerprint density at radius 1 is 1.17 bits per heavy atom. The van der Waals surface area contributed by atoms with Gasteiger partial charge in [-0.05, 0) is 40.2 Å². The minimum atomic E-state index is 0.479. The summed E-state index contributed by atoms with van der Waals surface area (Å²) in [6, 6.07) is 15.6. The van der Waals surface area contributed by atoms with E-state index in [4.69, 9.17) is 0 Å². The lowest BCUT2D eigenvalue weighted by molar-refractivity contribution is 0.979. The highest BCUT2D eigenvalue weighted by Gasteiger charge is 2.19. The molecule has 4 aromatic rings. The third kappa shape index (κ3) is 2.33. The Bertz CT molecular complexity index is 1060. The first-order valence-electron chi connectivity index (χ1n) is 7.21. The predicted octanol–water partition coefficient (Wildman–Crippen LogP) is 4.10. The quantitative estimate of drug-likeness (QED) is 0.562. The van der Waals surface area contributed by atoms with Crippen LogP contribution in [-0.2, 0) is 0 Å². The Balaban J connectivity index is 1.93. The molecule has 0 atom stereocenters. The average Bonchev–Trinajstić information content (AvgIpc) is 3.17. The SMILES string of the molecule is N#Cc1c[nH]n2c(Nc3ccccc3Br)c(-c3ccccn3)nc12. The van der Waals surface area contributed by atoms with Crippen molar-refractivity contribution in [1.29, 1.82) is 5.26 Å². The number of benzene rings is 1. The molecule has 0 fully saturated rings. The molecule has 2 N–H and O–H groups in total. The Morgan fingerprint density at radius 2 is 2.00 bits per heavy atom. The molecule has 6 nitrogen and oxygen atoms in total. The minimum Gasteiger partial charge on any atom is -0.337 e. The number of H-pyrrole nitrogens is 1. The number of fused-ring (bicyclic) bond motifs is 1. The molecule has 7 heteroatoms. The number of aromatic nitrogens is 4. The largest absolute Gasteiger partial charge is 0.337 e. The van der Waals surface area contributed by atoms with Gasteiger partial charge >= 0.3 is 0 Å². The maximum absolute atomic E-state index is 9.26. The Kier molecular flexibility index (Phi) is 3.52. The number of nitrogens with zero attached hydrogens (tertiary/aromatic N) is 4. The lowest BCUT2D eigenvalue weighted by Crippen LogP contribution is -1.98. The van der Waals surface area contributed by atoms with Crippen molar-refractivity contribution in [3.05, 3.63) is 64.9 Å². The van der Waals surface area contributed by atoms with Crippen molar-refractivity contribution in [2.75, 3.05) is 5.32 Å². The minimum absolute atomic E-state index is 0.479. The van der Waals surface area contributed by atoms with Gasteiger partial charge < -0.3 is 5.32 Å². The zero-order valence-corrected chi connectivity index (χ0v) is 13.9. The third-order valence-corrected chi connectivity index (χ3v) is 4.30. The van der Waals surface area contributed by atoms with Gasteiger partial charge in [0.2, 0.25) is 0 Å². The molecule has 116 valence electrons. The molecular formula is C17H11BrN6. The molecule has 0 aliphatic carbocycles. The van der Waals surface area contributed by atoms with Gasteiger partial charge in [-0.1, -0.05) is 18.2 Å². The molecule has 0 saturated heterocycles. The van der Waals surface area contributed by atoms with Gasteiger partial charge in [0.15, 0.2) is 11.5 Å². The van der Waals surface area contributed by atoms with Gasteiger partial charge in [-0.2, -0.15) is 5.26 Å². The number of nitriles is 1. The lowest BCUT2D eigenvalue weighted by atomic mass is 10.2. The van der Waals surface area contributed by atoms with Gasteiger partial charge in [0.1, 0.15) is 17.3 Å². The standard InChI is InChI=1S/C17H11BrN6/c18-12-5-1-2-6-13(12)22-17-15(14-7-3-4-8-20-14)23-16-11(9-19)10-21-24(16)17/h1-8,10,21-22H. The average molecular weight is 379 g/mol. The summed E-state index contributed by atoms with van der Waals surface area (Å²) in [6.07, 6.45) is 3.35. The molecule has 0 bridgehead atoms. The number of hydrogen-bond acceptors (Lipinski definition) is 4. The van der Waals surface area contributed by atoms with Crippen molar-refractivity contribution < 1.29 is 0 Å². The number of hydrogen-bond donors (Lipinski definition) is 2. The molecule has 3 heterocycles. The summed E-state index contributed by atoms with van der Waals surface area (Å²) >= 11 is 3.54. The summed E-state index contributed by atoms with van der Waals surface area (Å²) < 4.78 is 2.68. The van der Waals surface area contributed by atoms with Gasteiger partial charge in [0.05, 0.1) is 11.4 Å². The summed E-state index contributed by atoms with van der Waals surface area (Å²) in [6.45, 7) is 0. The topological polar surface area (TPSA) is 81.8 Å². The first-order chi connectivity index (χ1) is 11.8. The monoisotopic (exact) mass is 378 g/mol. The number of pyridine rings is 1. The van der Waals surface area contributed by atoms with Crippen LogP contribution < -0.4 is 5.32 Å². The van der Waals surface area contributed by atoms with Crippen molar-refractivity contribution in [1.82, 2.24) is 19.6 Å². The predicted molar refractivity (Wildman–Crippen MR) is 94.9 cm³/mol. The number of rotatable bonds is 3. The van der Waals surface area contributed by atoms with Crippen LogP contribution in [0.4, 0.5) is 11.5 Å². The van der Waals surface area contributed by atoms with E-state index in [2.05, 4.69) is 42.4 Å². The highest BCUT2D eigenvalue weighted by Crippen LogP contribution is 2.32. The number of nitrogens with one attached hydrogen (secondary N) is 2. The van der Waals surface area contributed by atoms with Crippen LogP contribution in [0.25, 0.3) is 17.0 Å². The number of imidazole rings is 1. The molecular weight excluding hydrogens is 368 g/mol. The molecule has 0 spiro atoms. The Labute approximate surface area is 145 Å². The van der Waals surface area contributed by atoms with Gasteiger partial charge in [-0.15, -0.1) is 0 Å². The van der Waals surface area contributed by atoms with Crippen molar-refractivity contribution >= 4 is 33.1 Å². The molecule has 4 rings (SSSR count). The van der Waals surface area contributed by atoms with E-state index in [1.165, 1.54) is 0 Å². The summed E-state index contributed by atoms with van der Waals surface area (Å²) in [4.78, 5) is 8.99. The third-order valence-electron chi connectivity index (χ3n) is 3.61. The van der Waals surface area contributed by atoms with E-state index in [1.54, 1.807) is 16.9 Å². The normalized spacial score (nSPS) is 10.7. The number of halogens is 1. The van der Waals surface area contributed by atoms with E-state index in [-0.39, 0.29) is 0 Å². The molecule has 1 aromatic carbocycles. The Morgan fingerprint density at radius 3 is 2.75 bits per heavy atom. The first kappa shape index (κ1) is 14.5. The van der Waals surface area contributed by atoms with Crippen molar-refractivity contribution in [2.24, 2.45) is 0 Å². The summed E-state index contributed by atoms with van der Waals surface area (Å²) in [5.41, 5.74) is 3.34. The molecule has 0 aliphatic rings. The van der Waals surface area contributed by atoms with Crippen LogP contribution in [0.1, 0.15) is 5.56 Å². The highest BCUT2D eigenvalue weighted by molar-refractivity contribution is 9.10. The van der Waals surface area contributed by atoms with E-state index in [9.17, 15) is 5.26 Å². The molecule has 0 amide bonds. The second kappa shape index (κ2) is 5.83. The molecule has 0 unspecified atom stereocenters. The van der Waals surface area contributed by atoms with Crippen LogP contribution in [0.5, 0.6) is 0 Å². The van der Waals surface area contributed by atoms with Gasteiger partial charge in [0, 0.05) is 16.9 Å². The molecule has 0 aliphatic heterocycles. The first-order valence-corrected chi connectivity index (χ1v) is 8.00. The van der Waals surface area contributed by atoms with Gasteiger partial charge in [-0.3, -0.25) is 10.1 Å². The fraction of sp³-hybridized carbons (Fsp3) is 0. The van der Waals surface area contributed by atoms with E-state index < -0.39 is 0 Å². The van der Waals surface area contributed by atoms with Crippen LogP contribution >= 0.6 is 15.9 Å². The van der Waals surface area contributed by atoms with Crippen molar-refractivity contribution in [2.45, 2.75) is 0 Å². The maximum atomic E-state index is 9.26. The summed E-state index contributed by atoms with van der Waals surface area (Å²) in [5.74, 6) is 0.720. The lowest BCUT2D eigenvalue weighted by Gasteiger charge is -2.09. The van der Waals surface area contributed by atoms with E-state index in [1.807, 2.05) is 42.5 Å².